The van der Waals surface area contributed by atoms with Gasteiger partial charge in [-0.1, -0.05) is 24.3 Å². The van der Waals surface area contributed by atoms with Crippen LogP contribution in [0.3, 0.4) is 0 Å². The van der Waals surface area contributed by atoms with Crippen molar-refractivity contribution in [2.75, 3.05) is 24.6 Å². The molecule has 0 radical (unpaired) electrons. The van der Waals surface area contributed by atoms with Gasteiger partial charge in [-0.25, -0.2) is 9.98 Å². The predicted molar refractivity (Wildman–Crippen MR) is 107 cm³/mol. The van der Waals surface area contributed by atoms with Crippen LogP contribution in [0, 0.1) is 0 Å². The molecule has 0 amide bonds. The normalized spacial score (nSPS) is 15.3. The largest absolute Gasteiger partial charge is 0.370 e. The van der Waals surface area contributed by atoms with Crippen molar-refractivity contribution in [3.05, 3.63) is 54.1 Å². The Morgan fingerprint density at radius 3 is 2.78 bits per heavy atom. The molecule has 1 aromatic heterocycles. The molecule has 2 heterocycles. The molecule has 1 aromatic carbocycles. The van der Waals surface area contributed by atoms with Gasteiger partial charge in [0.05, 0.1) is 12.9 Å². The third-order valence-corrected chi connectivity index (χ3v) is 4.62. The van der Waals surface area contributed by atoms with Crippen LogP contribution in [0.1, 0.15) is 11.1 Å². The number of aromatic nitrogens is 2. The number of benzene rings is 1. The van der Waals surface area contributed by atoms with E-state index in [1.807, 2.05) is 24.3 Å². The van der Waals surface area contributed by atoms with Crippen molar-refractivity contribution in [1.29, 1.82) is 0 Å². The molecule has 1 aliphatic rings. The van der Waals surface area contributed by atoms with E-state index in [1.54, 1.807) is 6.20 Å². The highest BCUT2D eigenvalue weighted by Gasteiger charge is 2.11. The first-order chi connectivity index (χ1) is 10.8. The highest BCUT2D eigenvalue weighted by molar-refractivity contribution is 14.0. The van der Waals surface area contributed by atoms with Crippen molar-refractivity contribution in [2.45, 2.75) is 13.1 Å². The van der Waals surface area contributed by atoms with Gasteiger partial charge in [-0.05, 0) is 11.1 Å². The van der Waals surface area contributed by atoms with E-state index in [2.05, 4.69) is 43.7 Å². The van der Waals surface area contributed by atoms with E-state index in [4.69, 9.17) is 5.73 Å². The lowest BCUT2D eigenvalue weighted by Gasteiger charge is -2.27. The van der Waals surface area contributed by atoms with Crippen LogP contribution < -0.4 is 5.73 Å². The Morgan fingerprint density at radius 1 is 1.26 bits per heavy atom. The van der Waals surface area contributed by atoms with Crippen molar-refractivity contribution in [3.8, 4) is 0 Å². The summed E-state index contributed by atoms with van der Waals surface area (Å²) in [5, 5.41) is 0. The van der Waals surface area contributed by atoms with Crippen LogP contribution in [0.4, 0.5) is 0 Å². The zero-order valence-corrected chi connectivity index (χ0v) is 16.1. The summed E-state index contributed by atoms with van der Waals surface area (Å²) in [5.41, 5.74) is 8.53. The fraction of sp³-hybridized carbons (Fsp3) is 0.375. The Kier molecular flexibility index (Phi) is 7.22. The molecule has 1 aliphatic heterocycles. The van der Waals surface area contributed by atoms with Gasteiger partial charge in [0.2, 0.25) is 0 Å². The van der Waals surface area contributed by atoms with Crippen LogP contribution in [-0.2, 0) is 13.1 Å². The number of thioether (sulfide) groups is 1. The molecule has 7 heteroatoms. The van der Waals surface area contributed by atoms with Crippen molar-refractivity contribution >= 4 is 41.7 Å². The molecule has 1 saturated heterocycles. The lowest BCUT2D eigenvalue weighted by Crippen LogP contribution is -2.42. The number of nitrogens with two attached hydrogens (primary N) is 1. The van der Waals surface area contributed by atoms with E-state index < -0.39 is 0 Å². The first kappa shape index (κ1) is 18.1. The average molecular weight is 443 g/mol. The van der Waals surface area contributed by atoms with Gasteiger partial charge in [0, 0.05) is 43.5 Å². The molecule has 0 bridgehead atoms. The molecule has 124 valence electrons. The molecule has 3 rings (SSSR count). The maximum absolute atomic E-state index is 6.10. The number of nitrogens with zero attached hydrogens (tertiary/aromatic N) is 4. The maximum Gasteiger partial charge on any atom is 0.191 e. The molecule has 0 unspecified atom stereocenters. The number of imidazole rings is 1. The number of halogens is 1. The summed E-state index contributed by atoms with van der Waals surface area (Å²) in [7, 11) is 0. The molecule has 2 N–H and O–H groups in total. The van der Waals surface area contributed by atoms with Gasteiger partial charge in [-0.2, -0.15) is 11.8 Å². The summed E-state index contributed by atoms with van der Waals surface area (Å²) in [4.78, 5) is 10.8. The molecule has 1 fully saturated rings. The Morgan fingerprint density at radius 2 is 2.04 bits per heavy atom. The third kappa shape index (κ3) is 5.42. The van der Waals surface area contributed by atoms with Crippen LogP contribution in [0.5, 0.6) is 0 Å². The van der Waals surface area contributed by atoms with Gasteiger partial charge in [0.1, 0.15) is 0 Å². The van der Waals surface area contributed by atoms with Crippen LogP contribution in [-0.4, -0.2) is 45.0 Å². The molecular formula is C16H22IN5S. The summed E-state index contributed by atoms with van der Waals surface area (Å²) >= 11 is 1.97. The quantitative estimate of drug-likeness (QED) is 0.448. The Bertz CT molecular complexity index is 623. The van der Waals surface area contributed by atoms with Gasteiger partial charge < -0.3 is 15.2 Å². The molecule has 23 heavy (non-hydrogen) atoms. The predicted octanol–water partition coefficient (Wildman–Crippen LogP) is 2.41. The van der Waals surface area contributed by atoms with Gasteiger partial charge in [0.15, 0.2) is 5.96 Å². The van der Waals surface area contributed by atoms with Crippen LogP contribution in [0.2, 0.25) is 0 Å². The van der Waals surface area contributed by atoms with Gasteiger partial charge >= 0.3 is 0 Å². The number of hydrogen-bond acceptors (Lipinski definition) is 3. The van der Waals surface area contributed by atoms with E-state index in [-0.39, 0.29) is 24.0 Å². The Labute approximate surface area is 158 Å². The maximum atomic E-state index is 6.10. The number of guanidine groups is 1. The van der Waals surface area contributed by atoms with Crippen molar-refractivity contribution in [2.24, 2.45) is 10.7 Å². The second-order valence-corrected chi connectivity index (χ2v) is 6.55. The summed E-state index contributed by atoms with van der Waals surface area (Å²) in [6.07, 6.45) is 5.60. The molecule has 2 aromatic rings. The highest BCUT2D eigenvalue weighted by atomic mass is 127. The third-order valence-electron chi connectivity index (χ3n) is 3.67. The summed E-state index contributed by atoms with van der Waals surface area (Å²) in [6, 6.07) is 8.48. The average Bonchev–Trinajstić information content (AvgIpc) is 3.07. The fourth-order valence-corrected chi connectivity index (χ4v) is 3.39. The minimum Gasteiger partial charge on any atom is -0.370 e. The molecule has 0 atom stereocenters. The number of aliphatic imine (C=N–C) groups is 1. The van der Waals surface area contributed by atoms with Crippen molar-refractivity contribution < 1.29 is 0 Å². The van der Waals surface area contributed by atoms with Gasteiger partial charge in [-0.15, -0.1) is 24.0 Å². The van der Waals surface area contributed by atoms with E-state index in [0.717, 1.165) is 31.1 Å². The zero-order valence-electron chi connectivity index (χ0n) is 13.0. The number of hydrogen-bond donors (Lipinski definition) is 1. The molecule has 0 spiro atoms. The molecule has 5 nitrogen and oxygen atoms in total. The van der Waals surface area contributed by atoms with Gasteiger partial charge in [0.25, 0.3) is 0 Å². The lowest BCUT2D eigenvalue weighted by atomic mass is 10.1. The zero-order chi connectivity index (χ0) is 15.2. The fourth-order valence-electron chi connectivity index (χ4n) is 2.48. The second-order valence-electron chi connectivity index (χ2n) is 5.33. The van der Waals surface area contributed by atoms with E-state index in [0.29, 0.717) is 12.5 Å². The molecular weight excluding hydrogens is 421 g/mol. The first-order valence-electron chi connectivity index (χ1n) is 7.47. The topological polar surface area (TPSA) is 59.4 Å². The van der Waals surface area contributed by atoms with Gasteiger partial charge in [-0.3, -0.25) is 0 Å². The molecule has 0 saturated carbocycles. The minimum atomic E-state index is 0. The minimum absolute atomic E-state index is 0. The van der Waals surface area contributed by atoms with Crippen LogP contribution in [0.25, 0.3) is 0 Å². The summed E-state index contributed by atoms with van der Waals surface area (Å²) in [5.74, 6) is 2.94. The standard InChI is InChI=1S/C16H21N5S.HI/c17-16(21-6-8-22-9-7-21)19-11-14-2-1-3-15(10-14)12-20-5-4-18-13-20;/h1-5,10,13H,6-9,11-12H2,(H2,17,19);1H. The van der Waals surface area contributed by atoms with E-state index in [9.17, 15) is 0 Å². The lowest BCUT2D eigenvalue weighted by molar-refractivity contribution is 0.455. The van der Waals surface area contributed by atoms with Crippen molar-refractivity contribution in [3.63, 3.8) is 0 Å². The van der Waals surface area contributed by atoms with E-state index in [1.165, 1.54) is 11.1 Å². The number of rotatable bonds is 4. The van der Waals surface area contributed by atoms with Crippen molar-refractivity contribution in [1.82, 2.24) is 14.5 Å². The smallest absolute Gasteiger partial charge is 0.191 e. The highest BCUT2D eigenvalue weighted by Crippen LogP contribution is 2.11. The van der Waals surface area contributed by atoms with Crippen LogP contribution in [0.15, 0.2) is 48.0 Å². The SMILES string of the molecule is I.NC(=NCc1cccc(Cn2ccnc2)c1)N1CCSCC1. The van der Waals surface area contributed by atoms with Crippen LogP contribution >= 0.6 is 35.7 Å². The monoisotopic (exact) mass is 443 g/mol. The molecule has 0 aliphatic carbocycles. The summed E-state index contributed by atoms with van der Waals surface area (Å²) in [6.45, 7) is 3.46. The Balaban J connectivity index is 0.00000192. The second kappa shape index (κ2) is 9.17. The first-order valence-corrected chi connectivity index (χ1v) is 8.63. The van der Waals surface area contributed by atoms with E-state index >= 15 is 0 Å². The Hall–Kier alpha value is -1.22. The summed E-state index contributed by atoms with van der Waals surface area (Å²) < 4.78 is 2.06.